The van der Waals surface area contributed by atoms with Crippen LogP contribution in [0.4, 0.5) is 0 Å². The molecule has 3 N–H and O–H groups in total. The van der Waals surface area contributed by atoms with Gasteiger partial charge in [0.15, 0.2) is 0 Å². The second-order valence-electron chi connectivity index (χ2n) is 5.01. The molecule has 104 valence electrons. The summed E-state index contributed by atoms with van der Waals surface area (Å²) in [7, 11) is 0. The van der Waals surface area contributed by atoms with Crippen molar-refractivity contribution in [3.63, 3.8) is 0 Å². The number of amides is 1. The first-order valence-electron chi connectivity index (χ1n) is 6.74. The molecule has 5 heteroatoms. The highest BCUT2D eigenvalue weighted by Crippen LogP contribution is 2.23. The number of carbonyl (C=O) groups is 2. The lowest BCUT2D eigenvalue weighted by Crippen LogP contribution is -2.39. The molecule has 1 aliphatic rings. The fraction of sp³-hybridized carbons (Fsp3) is 0.846. The lowest BCUT2D eigenvalue weighted by atomic mass is 9.85. The first-order chi connectivity index (χ1) is 8.54. The number of nitrogens with two attached hydrogens (primary N) is 1. The average molecular weight is 256 g/mol. The molecule has 1 unspecified atom stereocenters. The standard InChI is InChI=1S/C13H24N2O3/c1-3-18-13(17)9(2)8-15-11-6-4-10(5-7-11)12(14)16/h9-11,15H,3-8H2,1-2H3,(H2,14,16). The van der Waals surface area contributed by atoms with E-state index in [-0.39, 0.29) is 23.7 Å². The number of hydrogen-bond donors (Lipinski definition) is 2. The van der Waals surface area contributed by atoms with Crippen molar-refractivity contribution in [1.29, 1.82) is 0 Å². The van der Waals surface area contributed by atoms with Crippen molar-refractivity contribution in [1.82, 2.24) is 5.32 Å². The number of ether oxygens (including phenoxy) is 1. The third kappa shape index (κ3) is 4.64. The molecule has 0 aromatic carbocycles. The van der Waals surface area contributed by atoms with Crippen LogP contribution in [0.3, 0.4) is 0 Å². The van der Waals surface area contributed by atoms with Crippen LogP contribution >= 0.6 is 0 Å². The summed E-state index contributed by atoms with van der Waals surface area (Å²) in [5, 5.41) is 3.37. The first-order valence-corrected chi connectivity index (χ1v) is 6.74. The van der Waals surface area contributed by atoms with Crippen LogP contribution in [0.1, 0.15) is 39.5 Å². The Morgan fingerprint density at radius 3 is 2.44 bits per heavy atom. The highest BCUT2D eigenvalue weighted by molar-refractivity contribution is 5.76. The van der Waals surface area contributed by atoms with Crippen molar-refractivity contribution < 1.29 is 14.3 Å². The number of nitrogens with one attached hydrogen (secondary N) is 1. The quantitative estimate of drug-likeness (QED) is 0.689. The summed E-state index contributed by atoms with van der Waals surface area (Å²) in [6.45, 7) is 4.72. The van der Waals surface area contributed by atoms with E-state index in [0.717, 1.165) is 25.7 Å². The van der Waals surface area contributed by atoms with E-state index in [0.29, 0.717) is 19.2 Å². The molecule has 0 saturated heterocycles. The van der Waals surface area contributed by atoms with Crippen molar-refractivity contribution >= 4 is 11.9 Å². The average Bonchev–Trinajstić information content (AvgIpc) is 2.36. The summed E-state index contributed by atoms with van der Waals surface area (Å²) in [6, 6.07) is 0.387. The zero-order valence-corrected chi connectivity index (χ0v) is 11.3. The van der Waals surface area contributed by atoms with Gasteiger partial charge in [0.1, 0.15) is 0 Å². The molecule has 18 heavy (non-hydrogen) atoms. The van der Waals surface area contributed by atoms with Crippen LogP contribution in [0.15, 0.2) is 0 Å². The Morgan fingerprint density at radius 2 is 1.94 bits per heavy atom. The van der Waals surface area contributed by atoms with E-state index in [9.17, 15) is 9.59 Å². The summed E-state index contributed by atoms with van der Waals surface area (Å²) in [6.07, 6.45) is 3.59. The monoisotopic (exact) mass is 256 g/mol. The molecule has 1 rings (SSSR count). The summed E-state index contributed by atoms with van der Waals surface area (Å²) < 4.78 is 4.95. The molecular formula is C13H24N2O3. The van der Waals surface area contributed by atoms with Gasteiger partial charge in [-0.3, -0.25) is 9.59 Å². The van der Waals surface area contributed by atoms with E-state index < -0.39 is 0 Å². The fourth-order valence-corrected chi connectivity index (χ4v) is 2.29. The van der Waals surface area contributed by atoms with Gasteiger partial charge in [0.05, 0.1) is 12.5 Å². The Labute approximate surface area is 108 Å². The van der Waals surface area contributed by atoms with Gasteiger partial charge < -0.3 is 15.8 Å². The molecule has 1 aliphatic carbocycles. The highest BCUT2D eigenvalue weighted by Gasteiger charge is 2.25. The van der Waals surface area contributed by atoms with E-state index in [1.165, 1.54) is 0 Å². The van der Waals surface area contributed by atoms with E-state index >= 15 is 0 Å². The number of rotatable bonds is 6. The molecular weight excluding hydrogens is 232 g/mol. The van der Waals surface area contributed by atoms with Crippen molar-refractivity contribution in [2.45, 2.75) is 45.6 Å². The van der Waals surface area contributed by atoms with Crippen LogP contribution < -0.4 is 11.1 Å². The van der Waals surface area contributed by atoms with Crippen molar-refractivity contribution in [2.75, 3.05) is 13.2 Å². The Bertz CT molecular complexity index is 286. The third-order valence-electron chi connectivity index (χ3n) is 3.53. The second-order valence-corrected chi connectivity index (χ2v) is 5.01. The van der Waals surface area contributed by atoms with Crippen LogP contribution in [0.2, 0.25) is 0 Å². The number of carbonyl (C=O) groups excluding carboxylic acids is 2. The summed E-state index contributed by atoms with van der Waals surface area (Å²) >= 11 is 0. The van der Waals surface area contributed by atoms with Gasteiger partial charge in [-0.2, -0.15) is 0 Å². The maximum atomic E-state index is 11.4. The molecule has 1 fully saturated rings. The number of esters is 1. The SMILES string of the molecule is CCOC(=O)C(C)CNC1CCC(C(N)=O)CC1. The Balaban J connectivity index is 2.21. The van der Waals surface area contributed by atoms with Gasteiger partial charge in [0.2, 0.25) is 5.91 Å². The maximum Gasteiger partial charge on any atom is 0.309 e. The van der Waals surface area contributed by atoms with Crippen LogP contribution in [0.5, 0.6) is 0 Å². The Morgan fingerprint density at radius 1 is 1.33 bits per heavy atom. The largest absolute Gasteiger partial charge is 0.466 e. The lowest BCUT2D eigenvalue weighted by molar-refractivity contribution is -0.147. The minimum Gasteiger partial charge on any atom is -0.466 e. The van der Waals surface area contributed by atoms with Gasteiger partial charge in [0.25, 0.3) is 0 Å². The zero-order valence-electron chi connectivity index (χ0n) is 11.3. The molecule has 1 saturated carbocycles. The first kappa shape index (κ1) is 15.0. The molecule has 0 bridgehead atoms. The van der Waals surface area contributed by atoms with Gasteiger partial charge in [-0.25, -0.2) is 0 Å². The summed E-state index contributed by atoms with van der Waals surface area (Å²) in [5.74, 6) is -0.437. The van der Waals surface area contributed by atoms with Crippen molar-refractivity contribution in [3.05, 3.63) is 0 Å². The van der Waals surface area contributed by atoms with Crippen molar-refractivity contribution in [3.8, 4) is 0 Å². The molecule has 0 radical (unpaired) electrons. The maximum absolute atomic E-state index is 11.4. The summed E-state index contributed by atoms with van der Waals surface area (Å²) in [4.78, 5) is 22.5. The lowest BCUT2D eigenvalue weighted by Gasteiger charge is -2.28. The van der Waals surface area contributed by atoms with E-state index in [1.807, 2.05) is 13.8 Å². The molecule has 1 amide bonds. The zero-order chi connectivity index (χ0) is 13.5. The van der Waals surface area contributed by atoms with Gasteiger partial charge in [-0.1, -0.05) is 6.92 Å². The normalized spacial score (nSPS) is 25.4. The molecule has 0 heterocycles. The van der Waals surface area contributed by atoms with Crippen LogP contribution in [-0.4, -0.2) is 31.1 Å². The van der Waals surface area contributed by atoms with Gasteiger partial charge in [-0.05, 0) is 32.6 Å². The van der Waals surface area contributed by atoms with E-state index in [4.69, 9.17) is 10.5 Å². The minimum absolute atomic E-state index is 0.0329. The summed E-state index contributed by atoms with van der Waals surface area (Å²) in [5.41, 5.74) is 5.29. The Hall–Kier alpha value is -1.10. The van der Waals surface area contributed by atoms with Gasteiger partial charge in [0, 0.05) is 18.5 Å². The topological polar surface area (TPSA) is 81.4 Å². The molecule has 1 atom stereocenters. The fourth-order valence-electron chi connectivity index (χ4n) is 2.29. The van der Waals surface area contributed by atoms with E-state index in [2.05, 4.69) is 5.32 Å². The van der Waals surface area contributed by atoms with Crippen LogP contribution in [0, 0.1) is 11.8 Å². The molecule has 0 aliphatic heterocycles. The molecule has 0 spiro atoms. The molecule has 0 aromatic rings. The highest BCUT2D eigenvalue weighted by atomic mass is 16.5. The minimum atomic E-state index is -0.187. The molecule has 5 nitrogen and oxygen atoms in total. The Kier molecular flexibility index (Phi) is 6.12. The second kappa shape index (κ2) is 7.36. The predicted octanol–water partition coefficient (Wildman–Crippen LogP) is 0.819. The number of primary amides is 1. The van der Waals surface area contributed by atoms with Crippen LogP contribution in [-0.2, 0) is 14.3 Å². The van der Waals surface area contributed by atoms with E-state index in [1.54, 1.807) is 0 Å². The van der Waals surface area contributed by atoms with Crippen LogP contribution in [0.25, 0.3) is 0 Å². The number of hydrogen-bond acceptors (Lipinski definition) is 4. The molecule has 0 aromatic heterocycles. The smallest absolute Gasteiger partial charge is 0.309 e. The predicted molar refractivity (Wildman–Crippen MR) is 68.7 cm³/mol. The third-order valence-corrected chi connectivity index (χ3v) is 3.53. The van der Waals surface area contributed by atoms with Gasteiger partial charge >= 0.3 is 5.97 Å². The van der Waals surface area contributed by atoms with Gasteiger partial charge in [-0.15, -0.1) is 0 Å². The van der Waals surface area contributed by atoms with Crippen molar-refractivity contribution in [2.24, 2.45) is 17.6 Å².